The minimum Gasteiger partial charge on any atom is -0.389 e. The van der Waals surface area contributed by atoms with Crippen LogP contribution in [-0.4, -0.2) is 34.7 Å². The van der Waals surface area contributed by atoms with Crippen LogP contribution in [0, 0.1) is 5.92 Å². The highest BCUT2D eigenvalue weighted by Gasteiger charge is 2.32. The van der Waals surface area contributed by atoms with Gasteiger partial charge in [-0.1, -0.05) is 13.8 Å². The summed E-state index contributed by atoms with van der Waals surface area (Å²) in [6, 6.07) is 0.758. The summed E-state index contributed by atoms with van der Waals surface area (Å²) in [5, 5.41) is 9.74. The van der Waals surface area contributed by atoms with Gasteiger partial charge < -0.3 is 5.11 Å². The third-order valence-corrected chi connectivity index (χ3v) is 2.25. The van der Waals surface area contributed by atoms with E-state index in [1.54, 1.807) is 0 Å². The van der Waals surface area contributed by atoms with Crippen molar-refractivity contribution in [3.8, 4) is 0 Å². The molecular formula is C11H23NO. The summed E-state index contributed by atoms with van der Waals surface area (Å²) in [6.07, 6.45) is 2.64. The summed E-state index contributed by atoms with van der Waals surface area (Å²) in [5.41, 5.74) is -0.544. The summed E-state index contributed by atoms with van der Waals surface area (Å²) in [7, 11) is 0. The molecule has 0 aliphatic heterocycles. The van der Waals surface area contributed by atoms with Crippen LogP contribution in [0.2, 0.25) is 0 Å². The second-order valence-electron chi connectivity index (χ2n) is 5.37. The van der Waals surface area contributed by atoms with Crippen LogP contribution in [0.4, 0.5) is 0 Å². The highest BCUT2D eigenvalue weighted by molar-refractivity contribution is 4.87. The first-order valence-corrected chi connectivity index (χ1v) is 5.35. The van der Waals surface area contributed by atoms with E-state index in [-0.39, 0.29) is 0 Å². The fraction of sp³-hybridized carbons (Fsp3) is 1.00. The van der Waals surface area contributed by atoms with Crippen LogP contribution in [0.25, 0.3) is 0 Å². The van der Waals surface area contributed by atoms with Crippen molar-refractivity contribution in [1.29, 1.82) is 0 Å². The molecule has 0 heterocycles. The number of nitrogens with zero attached hydrogens (tertiary/aromatic N) is 1. The maximum atomic E-state index is 9.74. The lowest BCUT2D eigenvalue weighted by Gasteiger charge is -2.30. The molecule has 0 unspecified atom stereocenters. The van der Waals surface area contributed by atoms with Gasteiger partial charge in [0.15, 0.2) is 0 Å². The summed E-state index contributed by atoms with van der Waals surface area (Å²) in [6.45, 7) is 10.2. The van der Waals surface area contributed by atoms with E-state index in [2.05, 4.69) is 18.7 Å². The van der Waals surface area contributed by atoms with E-state index >= 15 is 0 Å². The molecule has 1 aliphatic rings. The highest BCUT2D eigenvalue weighted by atomic mass is 16.3. The summed E-state index contributed by atoms with van der Waals surface area (Å²) in [4.78, 5) is 2.44. The van der Waals surface area contributed by atoms with Crippen molar-refractivity contribution in [2.24, 2.45) is 5.92 Å². The van der Waals surface area contributed by atoms with E-state index in [0.29, 0.717) is 5.92 Å². The lowest BCUT2D eigenvalue weighted by Crippen LogP contribution is -2.41. The highest BCUT2D eigenvalue weighted by Crippen LogP contribution is 2.28. The summed E-state index contributed by atoms with van der Waals surface area (Å²) >= 11 is 0. The van der Waals surface area contributed by atoms with Crippen LogP contribution < -0.4 is 0 Å². The molecule has 0 aromatic heterocycles. The van der Waals surface area contributed by atoms with E-state index in [9.17, 15) is 5.11 Å². The monoisotopic (exact) mass is 185 g/mol. The molecule has 1 saturated carbocycles. The van der Waals surface area contributed by atoms with Gasteiger partial charge in [0.1, 0.15) is 0 Å². The van der Waals surface area contributed by atoms with Crippen LogP contribution in [-0.2, 0) is 0 Å². The molecular weight excluding hydrogens is 162 g/mol. The molecule has 78 valence electrons. The van der Waals surface area contributed by atoms with Gasteiger partial charge in [0.25, 0.3) is 0 Å². The second-order valence-corrected chi connectivity index (χ2v) is 5.37. The smallest absolute Gasteiger partial charge is 0.0718 e. The Labute approximate surface area is 81.9 Å². The first-order chi connectivity index (χ1) is 5.88. The van der Waals surface area contributed by atoms with Crippen LogP contribution in [0.15, 0.2) is 0 Å². The Morgan fingerprint density at radius 2 is 1.92 bits per heavy atom. The van der Waals surface area contributed by atoms with Gasteiger partial charge in [-0.3, -0.25) is 4.90 Å². The predicted octanol–water partition coefficient (Wildman–Crippen LogP) is 1.88. The number of hydrogen-bond donors (Lipinski definition) is 1. The van der Waals surface area contributed by atoms with Gasteiger partial charge >= 0.3 is 0 Å². The zero-order valence-corrected chi connectivity index (χ0v) is 9.38. The van der Waals surface area contributed by atoms with Gasteiger partial charge in [-0.15, -0.1) is 0 Å². The van der Waals surface area contributed by atoms with Gasteiger partial charge in [-0.05, 0) is 32.6 Å². The van der Waals surface area contributed by atoms with Crippen molar-refractivity contribution in [2.75, 3.05) is 13.1 Å². The van der Waals surface area contributed by atoms with E-state index in [1.165, 1.54) is 12.8 Å². The molecule has 13 heavy (non-hydrogen) atoms. The Morgan fingerprint density at radius 1 is 1.38 bits per heavy atom. The molecule has 1 N–H and O–H groups in total. The molecule has 0 aromatic carbocycles. The SMILES string of the molecule is CC(C)CN(CC(C)(C)O)C1CC1. The van der Waals surface area contributed by atoms with Crippen molar-refractivity contribution in [1.82, 2.24) is 4.90 Å². The quantitative estimate of drug-likeness (QED) is 0.707. The average molecular weight is 185 g/mol. The van der Waals surface area contributed by atoms with Gasteiger partial charge in [0.2, 0.25) is 0 Å². The fourth-order valence-corrected chi connectivity index (χ4v) is 1.75. The molecule has 1 aliphatic carbocycles. The van der Waals surface area contributed by atoms with E-state index in [1.807, 2.05) is 13.8 Å². The Hall–Kier alpha value is -0.0800. The van der Waals surface area contributed by atoms with E-state index in [0.717, 1.165) is 19.1 Å². The molecule has 2 nitrogen and oxygen atoms in total. The van der Waals surface area contributed by atoms with Crippen LogP contribution >= 0.6 is 0 Å². The third kappa shape index (κ3) is 4.63. The Kier molecular flexibility index (Phi) is 3.36. The molecule has 0 bridgehead atoms. The topological polar surface area (TPSA) is 23.5 Å². The lowest BCUT2D eigenvalue weighted by molar-refractivity contribution is 0.0295. The maximum Gasteiger partial charge on any atom is 0.0718 e. The van der Waals surface area contributed by atoms with Crippen molar-refractivity contribution >= 4 is 0 Å². The second kappa shape index (κ2) is 3.97. The first-order valence-electron chi connectivity index (χ1n) is 5.35. The van der Waals surface area contributed by atoms with Crippen molar-refractivity contribution < 1.29 is 5.11 Å². The third-order valence-electron chi connectivity index (χ3n) is 2.25. The molecule has 0 saturated heterocycles. The minimum atomic E-state index is -0.544. The van der Waals surface area contributed by atoms with E-state index < -0.39 is 5.60 Å². The molecule has 0 aromatic rings. The zero-order valence-electron chi connectivity index (χ0n) is 9.38. The van der Waals surface area contributed by atoms with Crippen molar-refractivity contribution in [2.45, 2.75) is 52.2 Å². The molecule has 0 atom stereocenters. The Balaban J connectivity index is 2.38. The molecule has 0 spiro atoms. The maximum absolute atomic E-state index is 9.74. The Morgan fingerprint density at radius 3 is 2.23 bits per heavy atom. The lowest BCUT2D eigenvalue weighted by atomic mass is 10.1. The summed E-state index contributed by atoms with van der Waals surface area (Å²) in [5.74, 6) is 0.697. The standard InChI is InChI=1S/C11H23NO/c1-9(2)7-12(10-5-6-10)8-11(3,4)13/h9-10,13H,5-8H2,1-4H3. The Bertz CT molecular complexity index is 156. The first kappa shape index (κ1) is 11.0. The molecule has 0 amide bonds. The molecule has 1 fully saturated rings. The zero-order chi connectivity index (χ0) is 10.1. The van der Waals surface area contributed by atoms with Crippen LogP contribution in [0.3, 0.4) is 0 Å². The predicted molar refractivity (Wildman–Crippen MR) is 55.7 cm³/mol. The van der Waals surface area contributed by atoms with Gasteiger partial charge in [-0.2, -0.15) is 0 Å². The molecule has 0 radical (unpaired) electrons. The number of hydrogen-bond acceptors (Lipinski definition) is 2. The number of aliphatic hydroxyl groups is 1. The molecule has 2 heteroatoms. The largest absolute Gasteiger partial charge is 0.389 e. The van der Waals surface area contributed by atoms with Crippen molar-refractivity contribution in [3.05, 3.63) is 0 Å². The van der Waals surface area contributed by atoms with Gasteiger partial charge in [0.05, 0.1) is 5.60 Å². The minimum absolute atomic E-state index is 0.544. The van der Waals surface area contributed by atoms with Crippen LogP contribution in [0.1, 0.15) is 40.5 Å². The van der Waals surface area contributed by atoms with Crippen molar-refractivity contribution in [3.63, 3.8) is 0 Å². The van der Waals surface area contributed by atoms with E-state index in [4.69, 9.17) is 0 Å². The molecule has 1 rings (SSSR count). The normalized spacial score (nSPS) is 18.7. The van der Waals surface area contributed by atoms with Gasteiger partial charge in [-0.25, -0.2) is 0 Å². The summed E-state index contributed by atoms with van der Waals surface area (Å²) < 4.78 is 0. The van der Waals surface area contributed by atoms with Crippen LogP contribution in [0.5, 0.6) is 0 Å². The number of rotatable bonds is 5. The van der Waals surface area contributed by atoms with Gasteiger partial charge in [0, 0.05) is 19.1 Å². The fourth-order valence-electron chi connectivity index (χ4n) is 1.75. The average Bonchev–Trinajstić information content (AvgIpc) is 2.60.